The molecule has 0 aliphatic rings. The topological polar surface area (TPSA) is 110 Å². The van der Waals surface area contributed by atoms with Gasteiger partial charge in [-0.3, -0.25) is 4.79 Å². The van der Waals surface area contributed by atoms with E-state index in [1.165, 1.54) is 148 Å². The Bertz CT molecular complexity index is 604. The van der Waals surface area contributed by atoms with E-state index in [1.54, 1.807) is 0 Å². The average Bonchev–Trinajstić information content (AvgIpc) is 3.04. The van der Waals surface area contributed by atoms with Crippen LogP contribution in [0.4, 0.5) is 0 Å². The monoisotopic (exact) mass is 642 g/mol. The molecule has 270 valence electrons. The van der Waals surface area contributed by atoms with Crippen molar-refractivity contribution in [3.63, 3.8) is 0 Å². The van der Waals surface area contributed by atoms with Gasteiger partial charge in [-0.15, -0.1) is 0 Å². The summed E-state index contributed by atoms with van der Waals surface area (Å²) in [5.74, 6) is -0.581. The molecule has 0 aromatic heterocycles. The predicted octanol–water partition coefficient (Wildman–Crippen LogP) is 9.68. The fraction of sp³-hybridized carbons (Fsp3) is 0.974. The van der Waals surface area contributed by atoms with E-state index in [1.807, 2.05) is 0 Å². The minimum atomic E-state index is -1.25. The van der Waals surface area contributed by atoms with Gasteiger partial charge in [0.15, 0.2) is 0 Å². The molecule has 0 fully saturated rings. The second kappa shape index (κ2) is 34.6. The van der Waals surface area contributed by atoms with Gasteiger partial charge in [0.2, 0.25) is 5.91 Å². The Morgan fingerprint density at radius 1 is 0.467 bits per heavy atom. The van der Waals surface area contributed by atoms with Crippen LogP contribution in [0.3, 0.4) is 0 Å². The Hall–Kier alpha value is -0.690. The van der Waals surface area contributed by atoms with Crippen LogP contribution in [0.2, 0.25) is 0 Å². The lowest BCUT2D eigenvalue weighted by atomic mass is 9.99. The third-order valence-corrected chi connectivity index (χ3v) is 9.57. The van der Waals surface area contributed by atoms with Gasteiger partial charge in [0.05, 0.1) is 18.8 Å². The number of nitrogens with one attached hydrogen (secondary N) is 1. The van der Waals surface area contributed by atoms with Crippen molar-refractivity contribution in [3.8, 4) is 0 Å². The van der Waals surface area contributed by atoms with Gasteiger partial charge in [-0.2, -0.15) is 0 Å². The maximum absolute atomic E-state index is 12.5. The highest BCUT2D eigenvalue weighted by molar-refractivity contribution is 5.80. The number of hydrogen-bond acceptors (Lipinski definition) is 5. The number of aliphatic hydroxyl groups excluding tert-OH is 4. The Morgan fingerprint density at radius 3 is 1.07 bits per heavy atom. The molecule has 0 heterocycles. The first-order valence-electron chi connectivity index (χ1n) is 19.9. The molecule has 6 heteroatoms. The van der Waals surface area contributed by atoms with Crippen molar-refractivity contribution in [1.29, 1.82) is 0 Å². The number of carbonyl (C=O) groups is 1. The molecule has 0 radical (unpaired) electrons. The number of amides is 1. The second-order valence-electron chi connectivity index (χ2n) is 14.0. The molecule has 0 aromatic rings. The number of hydrogen-bond donors (Lipinski definition) is 5. The van der Waals surface area contributed by atoms with Gasteiger partial charge < -0.3 is 25.7 Å². The molecule has 4 atom stereocenters. The van der Waals surface area contributed by atoms with Crippen LogP contribution in [-0.2, 0) is 4.79 Å². The van der Waals surface area contributed by atoms with E-state index in [4.69, 9.17) is 0 Å². The second-order valence-corrected chi connectivity index (χ2v) is 14.0. The van der Waals surface area contributed by atoms with Crippen molar-refractivity contribution < 1.29 is 25.2 Å². The number of carbonyl (C=O) groups excluding carboxylic acids is 1. The van der Waals surface area contributed by atoms with Gasteiger partial charge in [-0.1, -0.05) is 200 Å². The molecule has 0 aliphatic carbocycles. The Labute approximate surface area is 279 Å². The highest BCUT2D eigenvalue weighted by Gasteiger charge is 2.28. The molecule has 4 unspecified atom stereocenters. The smallest absolute Gasteiger partial charge is 0.249 e. The lowest BCUT2D eigenvalue weighted by Gasteiger charge is -2.27. The van der Waals surface area contributed by atoms with Crippen LogP contribution in [0.15, 0.2) is 0 Å². The lowest BCUT2D eigenvalue weighted by molar-refractivity contribution is -0.132. The van der Waals surface area contributed by atoms with Gasteiger partial charge in [0.25, 0.3) is 0 Å². The predicted molar refractivity (Wildman–Crippen MR) is 192 cm³/mol. The molecule has 0 saturated carbocycles. The van der Waals surface area contributed by atoms with E-state index >= 15 is 0 Å². The summed E-state index contributed by atoms with van der Waals surface area (Å²) in [6, 6.07) is -0.977. The van der Waals surface area contributed by atoms with E-state index in [0.717, 1.165) is 38.5 Å². The van der Waals surface area contributed by atoms with Gasteiger partial charge in [-0.05, 0) is 12.8 Å². The summed E-state index contributed by atoms with van der Waals surface area (Å²) in [5.41, 5.74) is 0. The summed E-state index contributed by atoms with van der Waals surface area (Å²) in [7, 11) is 0. The standard InChI is InChI=1S/C39H79NO5/c1-3-5-7-9-11-13-15-17-19-21-23-25-27-29-31-33-37(43)39(45)40-35(34-41)38(44)36(42)32-30-28-26-24-22-20-18-16-14-12-10-8-6-4-2/h35-38,41-44H,3-34H2,1-2H3,(H,40,45). The van der Waals surface area contributed by atoms with Crippen molar-refractivity contribution in [1.82, 2.24) is 5.32 Å². The quantitative estimate of drug-likeness (QED) is 0.0438. The van der Waals surface area contributed by atoms with E-state index in [-0.39, 0.29) is 0 Å². The van der Waals surface area contributed by atoms with Gasteiger partial charge in [0, 0.05) is 0 Å². The van der Waals surface area contributed by atoms with Crippen LogP contribution in [-0.4, -0.2) is 57.3 Å². The van der Waals surface area contributed by atoms with Crippen LogP contribution in [0.1, 0.15) is 213 Å². The molecule has 0 aliphatic heterocycles. The van der Waals surface area contributed by atoms with Crippen molar-refractivity contribution in [2.75, 3.05) is 6.61 Å². The SMILES string of the molecule is CCCCCCCCCCCCCCCCCC(O)C(=O)NC(CO)C(O)C(O)CCCCCCCCCCCCCCCC. The first kappa shape index (κ1) is 44.3. The molecule has 6 nitrogen and oxygen atoms in total. The molecule has 0 bridgehead atoms. The summed E-state index contributed by atoms with van der Waals surface area (Å²) in [5, 5.41) is 43.5. The summed E-state index contributed by atoms with van der Waals surface area (Å²) >= 11 is 0. The number of aliphatic hydroxyl groups is 4. The molecule has 0 aromatic carbocycles. The van der Waals surface area contributed by atoms with Crippen molar-refractivity contribution >= 4 is 5.91 Å². The first-order valence-corrected chi connectivity index (χ1v) is 19.9. The molecule has 1 amide bonds. The van der Waals surface area contributed by atoms with Crippen molar-refractivity contribution in [2.45, 2.75) is 237 Å². The summed E-state index contributed by atoms with van der Waals surface area (Å²) in [6.07, 6.45) is 34.0. The highest BCUT2D eigenvalue weighted by atomic mass is 16.3. The Morgan fingerprint density at radius 2 is 0.756 bits per heavy atom. The fourth-order valence-electron chi connectivity index (χ4n) is 6.34. The summed E-state index contributed by atoms with van der Waals surface area (Å²) in [6.45, 7) is 4.05. The summed E-state index contributed by atoms with van der Waals surface area (Å²) < 4.78 is 0. The minimum absolute atomic E-state index is 0.375. The molecule has 45 heavy (non-hydrogen) atoms. The van der Waals surface area contributed by atoms with Gasteiger partial charge in [0.1, 0.15) is 12.2 Å². The average molecular weight is 642 g/mol. The normalized spacial score (nSPS) is 14.4. The number of unbranched alkanes of at least 4 members (excludes halogenated alkanes) is 27. The zero-order valence-electron chi connectivity index (χ0n) is 30.1. The zero-order chi connectivity index (χ0) is 33.2. The molecule has 0 spiro atoms. The van der Waals surface area contributed by atoms with Crippen LogP contribution in [0.5, 0.6) is 0 Å². The van der Waals surface area contributed by atoms with Crippen molar-refractivity contribution in [3.05, 3.63) is 0 Å². The van der Waals surface area contributed by atoms with Gasteiger partial charge >= 0.3 is 0 Å². The maximum Gasteiger partial charge on any atom is 0.249 e. The highest BCUT2D eigenvalue weighted by Crippen LogP contribution is 2.16. The van der Waals surface area contributed by atoms with Crippen LogP contribution < -0.4 is 5.32 Å². The Balaban J connectivity index is 3.76. The minimum Gasteiger partial charge on any atom is -0.394 e. The molecular weight excluding hydrogens is 562 g/mol. The third kappa shape index (κ3) is 29.2. The molecule has 0 rings (SSSR count). The third-order valence-electron chi connectivity index (χ3n) is 9.57. The van der Waals surface area contributed by atoms with E-state index in [9.17, 15) is 25.2 Å². The molecule has 0 saturated heterocycles. The number of rotatable bonds is 36. The van der Waals surface area contributed by atoms with E-state index < -0.39 is 36.9 Å². The molecular formula is C39H79NO5. The maximum atomic E-state index is 12.5. The Kier molecular flexibility index (Phi) is 34.1. The van der Waals surface area contributed by atoms with Crippen LogP contribution >= 0.6 is 0 Å². The van der Waals surface area contributed by atoms with Crippen molar-refractivity contribution in [2.24, 2.45) is 0 Å². The van der Waals surface area contributed by atoms with E-state index in [0.29, 0.717) is 12.8 Å². The van der Waals surface area contributed by atoms with Gasteiger partial charge in [-0.25, -0.2) is 0 Å². The van der Waals surface area contributed by atoms with E-state index in [2.05, 4.69) is 19.2 Å². The lowest BCUT2D eigenvalue weighted by Crippen LogP contribution is -2.53. The molecule has 5 N–H and O–H groups in total. The fourth-order valence-corrected chi connectivity index (χ4v) is 6.34. The largest absolute Gasteiger partial charge is 0.394 e. The zero-order valence-corrected chi connectivity index (χ0v) is 30.1. The summed E-state index contributed by atoms with van der Waals surface area (Å²) in [4.78, 5) is 12.5. The van der Waals surface area contributed by atoms with Crippen LogP contribution in [0, 0.1) is 0 Å². The van der Waals surface area contributed by atoms with Crippen LogP contribution in [0.25, 0.3) is 0 Å². The first-order chi connectivity index (χ1) is 22.0.